The average molecular weight is 772 g/mol. The monoisotopic (exact) mass is 770 g/mol. The molecule has 0 unspecified atom stereocenters. The van der Waals surface area contributed by atoms with Crippen LogP contribution in [0.3, 0.4) is 0 Å². The fourth-order valence-electron chi connectivity index (χ4n) is 8.17. The molecule has 0 heterocycles. The smallest absolute Gasteiger partial charge is 0.0450 e. The molecule has 0 spiro atoms. The van der Waals surface area contributed by atoms with Gasteiger partial charge in [-0.25, -0.2) is 0 Å². The van der Waals surface area contributed by atoms with Gasteiger partial charge in [-0.2, -0.15) is 0 Å². The first-order valence-electron chi connectivity index (χ1n) is 21.7. The Kier molecular flexibility index (Phi) is 17.8. The van der Waals surface area contributed by atoms with E-state index < -0.39 is 0 Å². The number of halogens is 2. The number of unbranched alkanes of at least 4 members (excludes halogenated alkanes) is 2. The maximum atomic E-state index is 6.44. The predicted octanol–water partition coefficient (Wildman–Crippen LogP) is 15.5. The van der Waals surface area contributed by atoms with Crippen molar-refractivity contribution in [3.05, 3.63) is 139 Å². The Morgan fingerprint density at radius 3 is 1.25 bits per heavy atom. The van der Waals surface area contributed by atoms with Crippen LogP contribution in [0.4, 0.5) is 0 Å². The van der Waals surface area contributed by atoms with Crippen LogP contribution in [-0.4, -0.2) is 0 Å². The zero-order valence-corrected chi connectivity index (χ0v) is 35.7. The summed E-state index contributed by atoms with van der Waals surface area (Å²) in [7, 11) is 0. The highest BCUT2D eigenvalue weighted by Gasteiger charge is 2.22. The van der Waals surface area contributed by atoms with Crippen LogP contribution < -0.4 is 0 Å². The summed E-state index contributed by atoms with van der Waals surface area (Å²) in [5.41, 5.74) is 10.5. The third kappa shape index (κ3) is 13.6. The van der Waals surface area contributed by atoms with Gasteiger partial charge in [0.25, 0.3) is 0 Å². The summed E-state index contributed by atoms with van der Waals surface area (Å²) in [4.78, 5) is 0. The maximum Gasteiger partial charge on any atom is 0.0450 e. The zero-order chi connectivity index (χ0) is 38.8. The summed E-state index contributed by atoms with van der Waals surface area (Å²) < 4.78 is 0. The molecule has 2 aliphatic carbocycles. The van der Waals surface area contributed by atoms with E-state index in [-0.39, 0.29) is 0 Å². The van der Waals surface area contributed by atoms with E-state index in [1.807, 2.05) is 12.1 Å². The van der Waals surface area contributed by atoms with E-state index in [1.165, 1.54) is 123 Å². The standard InChI is InChI=1S/C27H33Cl.C26H31Cl/c1-3-5-7-26-19-14-23(20-27(26)28)9-8-22-12-17-25(18-13-22)24-15-10-21(6-4-2)11-16-24;1-3-5-6-25-18-13-22(19-26(25)27)8-7-21-11-16-24(17-12-21)23-14-9-20(4-2)10-15-23/h10-11,14-16,19-20,22,25H,3-7,12-13,17-18H2,1-2H3;9-10,13-15,18-19,21,24H,3-6,11-12,16-17H2,1-2H3. The lowest BCUT2D eigenvalue weighted by Gasteiger charge is -2.26. The van der Waals surface area contributed by atoms with Crippen molar-refractivity contribution in [1.82, 2.24) is 0 Å². The van der Waals surface area contributed by atoms with Crippen LogP contribution in [0, 0.1) is 35.5 Å². The van der Waals surface area contributed by atoms with Crippen LogP contribution in [0.1, 0.15) is 168 Å². The molecule has 0 aromatic heterocycles. The number of benzene rings is 4. The summed E-state index contributed by atoms with van der Waals surface area (Å²) in [5.74, 6) is 16.2. The summed E-state index contributed by atoms with van der Waals surface area (Å²) in [6.07, 6.45) is 20.2. The van der Waals surface area contributed by atoms with E-state index in [2.05, 4.69) is 124 Å². The maximum absolute atomic E-state index is 6.44. The first-order valence-corrected chi connectivity index (χ1v) is 22.4. The molecular weight excluding hydrogens is 707 g/mol. The van der Waals surface area contributed by atoms with Crippen LogP contribution >= 0.6 is 23.2 Å². The van der Waals surface area contributed by atoms with Crippen LogP contribution in [0.5, 0.6) is 0 Å². The topological polar surface area (TPSA) is 0 Å². The zero-order valence-electron chi connectivity index (χ0n) is 34.2. The van der Waals surface area contributed by atoms with Gasteiger partial charge in [0.15, 0.2) is 0 Å². The lowest BCUT2D eigenvalue weighted by Crippen LogP contribution is -2.12. The van der Waals surface area contributed by atoms with Crippen LogP contribution in [0.2, 0.25) is 10.0 Å². The summed E-state index contributed by atoms with van der Waals surface area (Å²) in [6, 6.07) is 31.2. The van der Waals surface area contributed by atoms with Crippen LogP contribution in [-0.2, 0) is 25.7 Å². The molecular formula is C53H64Cl2. The highest BCUT2D eigenvalue weighted by atomic mass is 35.5. The van der Waals surface area contributed by atoms with E-state index in [9.17, 15) is 0 Å². The van der Waals surface area contributed by atoms with Gasteiger partial charge in [0.05, 0.1) is 0 Å². The van der Waals surface area contributed by atoms with E-state index >= 15 is 0 Å². The van der Waals surface area contributed by atoms with Crippen molar-refractivity contribution in [1.29, 1.82) is 0 Å². The molecule has 0 saturated heterocycles. The van der Waals surface area contributed by atoms with Crippen LogP contribution in [0.25, 0.3) is 0 Å². The molecule has 0 radical (unpaired) electrons. The molecule has 2 saturated carbocycles. The van der Waals surface area contributed by atoms with Crippen molar-refractivity contribution >= 4 is 23.2 Å². The van der Waals surface area contributed by atoms with Gasteiger partial charge in [0, 0.05) is 33.0 Å². The van der Waals surface area contributed by atoms with Crippen molar-refractivity contribution in [3.63, 3.8) is 0 Å². The molecule has 4 aromatic rings. The summed E-state index contributed by atoms with van der Waals surface area (Å²) in [6.45, 7) is 8.88. The minimum absolute atomic E-state index is 0.522. The molecule has 4 aromatic carbocycles. The Morgan fingerprint density at radius 2 is 0.891 bits per heavy atom. The predicted molar refractivity (Wildman–Crippen MR) is 240 cm³/mol. The number of hydrogen-bond donors (Lipinski definition) is 0. The Hall–Kier alpha value is -3.42. The second-order valence-corrected chi connectivity index (χ2v) is 16.9. The molecule has 0 N–H and O–H groups in total. The molecule has 0 aliphatic heterocycles. The summed E-state index contributed by atoms with van der Waals surface area (Å²) >= 11 is 12.9. The minimum Gasteiger partial charge on any atom is -0.0945 e. The fourth-order valence-corrected chi connectivity index (χ4v) is 8.72. The number of aryl methyl sites for hydroxylation is 4. The Balaban J connectivity index is 0.000000211. The molecule has 2 fully saturated rings. The molecule has 0 amide bonds. The number of rotatable bonds is 11. The first kappa shape index (κ1) is 42.7. The second kappa shape index (κ2) is 23.0. The van der Waals surface area contributed by atoms with Crippen molar-refractivity contribution in [3.8, 4) is 23.7 Å². The second-order valence-electron chi connectivity index (χ2n) is 16.0. The van der Waals surface area contributed by atoms with Crippen molar-refractivity contribution < 1.29 is 0 Å². The van der Waals surface area contributed by atoms with Gasteiger partial charge in [0.2, 0.25) is 0 Å². The largest absolute Gasteiger partial charge is 0.0945 e. The third-order valence-corrected chi connectivity index (χ3v) is 12.6. The van der Waals surface area contributed by atoms with E-state index in [0.717, 1.165) is 40.4 Å². The molecule has 2 heteroatoms. The van der Waals surface area contributed by atoms with Crippen molar-refractivity contribution in [2.45, 2.75) is 149 Å². The van der Waals surface area contributed by atoms with Gasteiger partial charge >= 0.3 is 0 Å². The van der Waals surface area contributed by atoms with Gasteiger partial charge in [0.1, 0.15) is 0 Å². The molecule has 2 aliphatic rings. The Morgan fingerprint density at radius 1 is 0.473 bits per heavy atom. The van der Waals surface area contributed by atoms with E-state index in [4.69, 9.17) is 23.2 Å². The SMILES string of the molecule is CCCCc1ccc(C#CC2CCC(c3ccc(CC)cc3)CC2)cc1Cl.CCCCc1ccc(C#CC2CCC(c3ccc(CCC)cc3)CC2)cc1Cl. The minimum atomic E-state index is 0.522. The van der Waals surface area contributed by atoms with Gasteiger partial charge in [-0.05, 0) is 159 Å². The molecule has 0 atom stereocenters. The highest BCUT2D eigenvalue weighted by Crippen LogP contribution is 2.37. The lowest BCUT2D eigenvalue weighted by molar-refractivity contribution is 0.384. The Bertz CT molecular complexity index is 1860. The van der Waals surface area contributed by atoms with E-state index in [0.29, 0.717) is 23.7 Å². The highest BCUT2D eigenvalue weighted by molar-refractivity contribution is 6.31. The van der Waals surface area contributed by atoms with Gasteiger partial charge in [-0.3, -0.25) is 0 Å². The lowest BCUT2D eigenvalue weighted by atomic mass is 9.78. The third-order valence-electron chi connectivity index (χ3n) is 11.9. The average Bonchev–Trinajstić information content (AvgIpc) is 3.22. The van der Waals surface area contributed by atoms with Crippen molar-refractivity contribution in [2.75, 3.05) is 0 Å². The van der Waals surface area contributed by atoms with Gasteiger partial charge < -0.3 is 0 Å². The van der Waals surface area contributed by atoms with E-state index in [1.54, 1.807) is 0 Å². The first-order chi connectivity index (χ1) is 26.9. The van der Waals surface area contributed by atoms with Crippen LogP contribution in [0.15, 0.2) is 84.9 Å². The van der Waals surface area contributed by atoms with Gasteiger partial charge in [-0.1, -0.05) is 155 Å². The molecule has 6 rings (SSSR count). The van der Waals surface area contributed by atoms with Crippen molar-refractivity contribution in [2.24, 2.45) is 11.8 Å². The normalized spacial score (nSPS) is 19.2. The number of hydrogen-bond acceptors (Lipinski definition) is 0. The Labute approximate surface area is 345 Å². The molecule has 0 bridgehead atoms. The molecule has 290 valence electrons. The molecule has 55 heavy (non-hydrogen) atoms. The molecule has 0 nitrogen and oxygen atoms in total. The quantitative estimate of drug-likeness (QED) is 0.133. The van der Waals surface area contributed by atoms with Gasteiger partial charge in [-0.15, -0.1) is 0 Å². The summed E-state index contributed by atoms with van der Waals surface area (Å²) in [5, 5.41) is 1.74. The fraction of sp³-hybridized carbons (Fsp3) is 0.472.